The van der Waals surface area contributed by atoms with Crippen LogP contribution < -0.4 is 15.0 Å². The summed E-state index contributed by atoms with van der Waals surface area (Å²) in [4.78, 5) is 49.2. The van der Waals surface area contributed by atoms with Crippen LogP contribution in [0.1, 0.15) is 11.1 Å². The number of carbonyl (C=O) groups is 3. The predicted molar refractivity (Wildman–Crippen MR) is 137 cm³/mol. The maximum Gasteiger partial charge on any atom is 0.335 e. The van der Waals surface area contributed by atoms with Crippen molar-refractivity contribution in [3.63, 3.8) is 0 Å². The lowest BCUT2D eigenvalue weighted by atomic mass is 10.1. The molecule has 1 saturated heterocycles. The van der Waals surface area contributed by atoms with Crippen molar-refractivity contribution in [2.24, 2.45) is 0 Å². The number of imide groups is 2. The van der Waals surface area contributed by atoms with Gasteiger partial charge in [-0.05, 0) is 48.5 Å². The van der Waals surface area contributed by atoms with Gasteiger partial charge in [-0.2, -0.15) is 0 Å². The number of nitro benzene ring substituents is 1. The molecule has 1 fully saturated rings. The molecule has 4 amide bonds. The first-order chi connectivity index (χ1) is 17.1. The number of anilines is 1. The number of amides is 4. The van der Waals surface area contributed by atoms with Crippen LogP contribution in [0.2, 0.25) is 10.0 Å². The normalized spacial score (nSPS) is 14.7. The molecule has 0 atom stereocenters. The molecule has 0 aliphatic carbocycles. The van der Waals surface area contributed by atoms with Gasteiger partial charge in [-0.1, -0.05) is 45.2 Å². The quantitative estimate of drug-likeness (QED) is 0.165. The maximum absolute atomic E-state index is 13.2. The zero-order chi connectivity index (χ0) is 26.0. The summed E-state index contributed by atoms with van der Waals surface area (Å²) in [5, 5.41) is 13.9. The van der Waals surface area contributed by atoms with Crippen LogP contribution in [0.3, 0.4) is 0 Å². The molecular formula is C24H14BrCl2N3O6. The van der Waals surface area contributed by atoms with Crippen LogP contribution in [-0.4, -0.2) is 22.8 Å². The molecule has 3 aromatic rings. The summed E-state index contributed by atoms with van der Waals surface area (Å²) in [6.45, 7) is 0.0847. The van der Waals surface area contributed by atoms with Crippen LogP contribution in [0.5, 0.6) is 5.75 Å². The lowest BCUT2D eigenvalue weighted by Crippen LogP contribution is -2.54. The molecule has 1 N–H and O–H groups in total. The van der Waals surface area contributed by atoms with Crippen molar-refractivity contribution >= 4 is 74.4 Å². The smallest absolute Gasteiger partial charge is 0.335 e. The molecule has 0 unspecified atom stereocenters. The molecule has 3 aromatic carbocycles. The van der Waals surface area contributed by atoms with E-state index < -0.39 is 22.8 Å². The third-order valence-corrected chi connectivity index (χ3v) is 6.17. The predicted octanol–water partition coefficient (Wildman–Crippen LogP) is 5.91. The zero-order valence-electron chi connectivity index (χ0n) is 18.0. The fourth-order valence-electron chi connectivity index (χ4n) is 3.33. The highest BCUT2D eigenvalue weighted by molar-refractivity contribution is 9.10. The van der Waals surface area contributed by atoms with Gasteiger partial charge in [-0.25, -0.2) is 9.69 Å². The van der Waals surface area contributed by atoms with E-state index in [0.717, 1.165) is 17.0 Å². The minimum Gasteiger partial charge on any atom is -0.488 e. The van der Waals surface area contributed by atoms with Crippen molar-refractivity contribution in [3.05, 3.63) is 102 Å². The number of urea groups is 1. The van der Waals surface area contributed by atoms with E-state index in [2.05, 4.69) is 21.2 Å². The molecule has 1 heterocycles. The van der Waals surface area contributed by atoms with Crippen molar-refractivity contribution in [2.45, 2.75) is 6.61 Å². The second-order valence-electron chi connectivity index (χ2n) is 7.44. The first-order valence-electron chi connectivity index (χ1n) is 10.2. The summed E-state index contributed by atoms with van der Waals surface area (Å²) in [6, 6.07) is 13.8. The van der Waals surface area contributed by atoms with E-state index in [1.54, 1.807) is 36.4 Å². The minimum atomic E-state index is -0.973. The van der Waals surface area contributed by atoms with Gasteiger partial charge in [0.15, 0.2) is 0 Å². The van der Waals surface area contributed by atoms with E-state index in [1.807, 2.05) is 0 Å². The third-order valence-electron chi connectivity index (χ3n) is 5.09. The van der Waals surface area contributed by atoms with Crippen LogP contribution in [0.25, 0.3) is 6.08 Å². The van der Waals surface area contributed by atoms with E-state index in [4.69, 9.17) is 27.9 Å². The molecular weight excluding hydrogens is 577 g/mol. The summed E-state index contributed by atoms with van der Waals surface area (Å²) in [6.07, 6.45) is 1.30. The number of barbiturate groups is 1. The summed E-state index contributed by atoms with van der Waals surface area (Å²) >= 11 is 15.5. The number of rotatable bonds is 6. The highest BCUT2D eigenvalue weighted by Gasteiger charge is 2.37. The lowest BCUT2D eigenvalue weighted by molar-refractivity contribution is -0.384. The van der Waals surface area contributed by atoms with E-state index in [-0.39, 0.29) is 23.6 Å². The standard InChI is InChI=1S/C24H14BrCl2N3O6/c25-15-2-8-21(36-12-13-1-3-16(26)11-20(13)27)14(9-15)10-19-22(31)28-24(33)29(23(19)32)17-4-6-18(7-5-17)30(34)35/h1-11H,12H2,(H,28,31,33)/b19-10+. The maximum atomic E-state index is 13.2. The second-order valence-corrected chi connectivity index (χ2v) is 9.20. The third kappa shape index (κ3) is 5.40. The Morgan fingerprint density at radius 1 is 1.03 bits per heavy atom. The van der Waals surface area contributed by atoms with Crippen molar-refractivity contribution in [1.29, 1.82) is 0 Å². The number of nitro groups is 1. The topological polar surface area (TPSA) is 119 Å². The number of non-ortho nitro benzene ring substituents is 1. The molecule has 1 aliphatic rings. The Bertz CT molecular complexity index is 1440. The largest absolute Gasteiger partial charge is 0.488 e. The summed E-state index contributed by atoms with van der Waals surface area (Å²) < 4.78 is 6.55. The monoisotopic (exact) mass is 589 g/mol. The van der Waals surface area contributed by atoms with Gasteiger partial charge < -0.3 is 4.74 Å². The Labute approximate surface area is 222 Å². The fraction of sp³-hybridized carbons (Fsp3) is 0.0417. The van der Waals surface area contributed by atoms with Gasteiger partial charge in [-0.3, -0.25) is 25.0 Å². The molecule has 0 radical (unpaired) electrons. The Hall–Kier alpha value is -3.73. The van der Waals surface area contributed by atoms with Gasteiger partial charge in [-0.15, -0.1) is 0 Å². The van der Waals surface area contributed by atoms with Gasteiger partial charge in [0.2, 0.25) is 0 Å². The van der Waals surface area contributed by atoms with Gasteiger partial charge in [0.1, 0.15) is 17.9 Å². The van der Waals surface area contributed by atoms with Crippen molar-refractivity contribution in [1.82, 2.24) is 5.32 Å². The molecule has 1 aliphatic heterocycles. The number of nitrogens with one attached hydrogen (secondary N) is 1. The SMILES string of the molecule is O=C1NC(=O)N(c2ccc([N+](=O)[O-])cc2)C(=O)/C1=C/c1cc(Br)ccc1OCc1ccc(Cl)cc1Cl. The van der Waals surface area contributed by atoms with Crippen LogP contribution in [0.15, 0.2) is 70.7 Å². The number of hydrogen-bond acceptors (Lipinski definition) is 6. The lowest BCUT2D eigenvalue weighted by Gasteiger charge is -2.26. The average molecular weight is 591 g/mol. The van der Waals surface area contributed by atoms with Gasteiger partial charge >= 0.3 is 6.03 Å². The molecule has 0 saturated carbocycles. The Morgan fingerprint density at radius 3 is 2.42 bits per heavy atom. The van der Waals surface area contributed by atoms with Crippen molar-refractivity contribution in [3.8, 4) is 5.75 Å². The van der Waals surface area contributed by atoms with Crippen molar-refractivity contribution < 1.29 is 24.0 Å². The zero-order valence-corrected chi connectivity index (χ0v) is 21.1. The number of carbonyl (C=O) groups excluding carboxylic acids is 3. The van der Waals surface area contributed by atoms with Crippen LogP contribution in [0, 0.1) is 10.1 Å². The van der Waals surface area contributed by atoms with Crippen molar-refractivity contribution in [2.75, 3.05) is 4.90 Å². The minimum absolute atomic E-state index is 0.0598. The number of benzene rings is 3. The highest BCUT2D eigenvalue weighted by atomic mass is 79.9. The van der Waals surface area contributed by atoms with Gasteiger partial charge in [0.05, 0.1) is 10.6 Å². The van der Waals surface area contributed by atoms with Gasteiger partial charge in [0.25, 0.3) is 17.5 Å². The summed E-state index contributed by atoms with van der Waals surface area (Å²) in [7, 11) is 0. The van der Waals surface area contributed by atoms with E-state index in [9.17, 15) is 24.5 Å². The number of ether oxygens (including phenoxy) is 1. The van der Waals surface area contributed by atoms with Crippen LogP contribution >= 0.6 is 39.1 Å². The number of nitrogens with zero attached hydrogens (tertiary/aromatic N) is 2. The molecule has 36 heavy (non-hydrogen) atoms. The second kappa shape index (κ2) is 10.5. The van der Waals surface area contributed by atoms with Gasteiger partial charge in [0, 0.05) is 37.8 Å². The molecule has 0 bridgehead atoms. The van der Waals surface area contributed by atoms with E-state index in [0.29, 0.717) is 31.4 Å². The molecule has 182 valence electrons. The van der Waals surface area contributed by atoms with E-state index >= 15 is 0 Å². The molecule has 0 spiro atoms. The Morgan fingerprint density at radius 2 is 1.75 bits per heavy atom. The number of hydrogen-bond donors (Lipinski definition) is 1. The van der Waals surface area contributed by atoms with E-state index in [1.165, 1.54) is 18.2 Å². The fourth-order valence-corrected chi connectivity index (χ4v) is 4.17. The summed E-state index contributed by atoms with van der Waals surface area (Å²) in [5.74, 6) is -1.45. The molecule has 0 aromatic heterocycles. The average Bonchev–Trinajstić information content (AvgIpc) is 2.82. The number of halogens is 3. The molecule has 4 rings (SSSR count). The van der Waals surface area contributed by atoms with Crippen LogP contribution in [-0.2, 0) is 16.2 Å². The first-order valence-corrected chi connectivity index (χ1v) is 11.7. The first kappa shape index (κ1) is 25.4. The highest BCUT2D eigenvalue weighted by Crippen LogP contribution is 2.30. The summed E-state index contributed by atoms with van der Waals surface area (Å²) in [5.41, 5.74) is 0.562. The van der Waals surface area contributed by atoms with Crippen LogP contribution in [0.4, 0.5) is 16.2 Å². The Kier molecular flexibility index (Phi) is 7.39. The Balaban J connectivity index is 1.66. The molecule has 12 heteroatoms. The molecule has 9 nitrogen and oxygen atoms in total.